The van der Waals surface area contributed by atoms with Gasteiger partial charge in [0.2, 0.25) is 5.91 Å². The van der Waals surface area contributed by atoms with Crippen molar-refractivity contribution < 1.29 is 9.53 Å². The summed E-state index contributed by atoms with van der Waals surface area (Å²) in [6, 6.07) is 8.48. The molecule has 86 valence electrons. The number of carbonyl (C=O) groups excluding carboxylic acids is 1. The van der Waals surface area contributed by atoms with E-state index in [1.165, 1.54) is 5.56 Å². The minimum atomic E-state index is 0.140. The first-order valence-corrected chi connectivity index (χ1v) is 5.51. The fraction of sp³-hybridized carbons (Fsp3) is 0.462. The van der Waals surface area contributed by atoms with Crippen LogP contribution in [-0.2, 0) is 4.79 Å². The minimum Gasteiger partial charge on any atom is -0.497 e. The number of hydrogen-bond donors (Lipinski definition) is 0. The Kier molecular flexibility index (Phi) is 2.86. The summed E-state index contributed by atoms with van der Waals surface area (Å²) in [7, 11) is 3.54. The van der Waals surface area contributed by atoms with Crippen LogP contribution in [0.2, 0.25) is 0 Å². The molecule has 2 unspecified atom stereocenters. The molecule has 1 aromatic rings. The molecule has 0 heterocycles. The molecular weight excluding hydrogens is 202 g/mol. The molecule has 0 bridgehead atoms. The van der Waals surface area contributed by atoms with Crippen molar-refractivity contribution in [2.75, 3.05) is 14.2 Å². The molecule has 1 fully saturated rings. The number of ether oxygens (including phenoxy) is 1. The fourth-order valence-corrected chi connectivity index (χ4v) is 2.05. The monoisotopic (exact) mass is 219 g/mol. The third-order valence-corrected chi connectivity index (χ3v) is 3.29. The second kappa shape index (κ2) is 4.16. The summed E-state index contributed by atoms with van der Waals surface area (Å²) in [6.07, 6.45) is 1.07. The summed E-state index contributed by atoms with van der Waals surface area (Å²) in [5, 5.41) is 0. The van der Waals surface area contributed by atoms with Crippen LogP contribution < -0.4 is 4.74 Å². The Morgan fingerprint density at radius 2 is 2.00 bits per heavy atom. The first kappa shape index (κ1) is 11.0. The summed E-state index contributed by atoms with van der Waals surface area (Å²) < 4.78 is 5.12. The van der Waals surface area contributed by atoms with Gasteiger partial charge in [-0.1, -0.05) is 12.1 Å². The van der Waals surface area contributed by atoms with Crippen molar-refractivity contribution in [1.29, 1.82) is 0 Å². The third kappa shape index (κ3) is 2.03. The molecule has 0 radical (unpaired) electrons. The van der Waals surface area contributed by atoms with E-state index < -0.39 is 0 Å². The predicted octanol–water partition coefficient (Wildman–Crippen LogP) is 2.03. The lowest BCUT2D eigenvalue weighted by atomic mass is 10.1. The highest BCUT2D eigenvalue weighted by molar-refractivity contribution is 5.74. The van der Waals surface area contributed by atoms with Crippen molar-refractivity contribution in [2.24, 2.45) is 0 Å². The fourth-order valence-electron chi connectivity index (χ4n) is 2.05. The molecule has 1 aliphatic rings. The Morgan fingerprint density at radius 3 is 2.50 bits per heavy atom. The Morgan fingerprint density at radius 1 is 1.38 bits per heavy atom. The van der Waals surface area contributed by atoms with Gasteiger partial charge < -0.3 is 9.64 Å². The molecule has 0 N–H and O–H groups in total. The van der Waals surface area contributed by atoms with Gasteiger partial charge in [-0.2, -0.15) is 0 Å². The third-order valence-electron chi connectivity index (χ3n) is 3.29. The molecule has 0 aromatic heterocycles. The standard InChI is InChI=1S/C13H17NO2/c1-9(15)14(2)13-8-12(13)10-4-6-11(16-3)7-5-10/h4-7,12-13H,8H2,1-3H3. The summed E-state index contributed by atoms with van der Waals surface area (Å²) in [4.78, 5) is 13.0. The molecule has 1 amide bonds. The molecule has 0 aliphatic heterocycles. The lowest BCUT2D eigenvalue weighted by molar-refractivity contribution is -0.128. The van der Waals surface area contributed by atoms with Crippen LogP contribution in [0.3, 0.4) is 0 Å². The molecule has 1 aliphatic carbocycles. The van der Waals surface area contributed by atoms with Gasteiger partial charge in [-0.05, 0) is 24.1 Å². The molecule has 1 saturated carbocycles. The summed E-state index contributed by atoms with van der Waals surface area (Å²) in [5.74, 6) is 1.52. The molecule has 16 heavy (non-hydrogen) atoms. The number of benzene rings is 1. The SMILES string of the molecule is COc1ccc(C2CC2N(C)C(C)=O)cc1. The van der Waals surface area contributed by atoms with E-state index in [1.807, 2.05) is 24.1 Å². The van der Waals surface area contributed by atoms with Crippen LogP contribution >= 0.6 is 0 Å². The Balaban J connectivity index is 2.03. The Labute approximate surface area is 96.0 Å². The lowest BCUT2D eigenvalue weighted by Crippen LogP contribution is -2.26. The minimum absolute atomic E-state index is 0.140. The van der Waals surface area contributed by atoms with Gasteiger partial charge in [0.1, 0.15) is 5.75 Å². The average Bonchev–Trinajstić information content (AvgIpc) is 3.08. The van der Waals surface area contributed by atoms with Crippen LogP contribution in [0.1, 0.15) is 24.8 Å². The number of methoxy groups -OCH3 is 1. The van der Waals surface area contributed by atoms with Crippen molar-refractivity contribution in [3.63, 3.8) is 0 Å². The zero-order valence-corrected chi connectivity index (χ0v) is 9.93. The van der Waals surface area contributed by atoms with Gasteiger partial charge in [0.15, 0.2) is 0 Å². The van der Waals surface area contributed by atoms with Crippen molar-refractivity contribution in [2.45, 2.75) is 25.3 Å². The predicted molar refractivity (Wildman–Crippen MR) is 62.6 cm³/mol. The topological polar surface area (TPSA) is 29.5 Å². The second-order valence-corrected chi connectivity index (χ2v) is 4.31. The van der Waals surface area contributed by atoms with E-state index in [-0.39, 0.29) is 5.91 Å². The van der Waals surface area contributed by atoms with Gasteiger partial charge in [-0.3, -0.25) is 4.79 Å². The number of amides is 1. The first-order chi connectivity index (χ1) is 7.63. The maximum absolute atomic E-state index is 11.2. The van der Waals surface area contributed by atoms with Gasteiger partial charge in [-0.25, -0.2) is 0 Å². The molecular formula is C13H17NO2. The molecule has 2 atom stereocenters. The van der Waals surface area contributed by atoms with Crippen LogP contribution in [0.5, 0.6) is 5.75 Å². The van der Waals surface area contributed by atoms with Crippen molar-refractivity contribution in [3.05, 3.63) is 29.8 Å². The van der Waals surface area contributed by atoms with Gasteiger partial charge >= 0.3 is 0 Å². The van der Waals surface area contributed by atoms with Crippen LogP contribution in [-0.4, -0.2) is 31.0 Å². The van der Waals surface area contributed by atoms with E-state index in [0.717, 1.165) is 12.2 Å². The van der Waals surface area contributed by atoms with Crippen LogP contribution in [0.25, 0.3) is 0 Å². The Bertz CT molecular complexity index is 385. The number of likely N-dealkylation sites (N-methyl/N-ethyl adjacent to an activating group) is 1. The lowest BCUT2D eigenvalue weighted by Gasteiger charge is -2.14. The van der Waals surface area contributed by atoms with Gasteiger partial charge in [0, 0.05) is 25.9 Å². The number of carbonyl (C=O) groups is 1. The Hall–Kier alpha value is -1.51. The van der Waals surface area contributed by atoms with E-state index in [1.54, 1.807) is 14.0 Å². The summed E-state index contributed by atoms with van der Waals surface area (Å²) in [6.45, 7) is 1.61. The van der Waals surface area contributed by atoms with Gasteiger partial charge in [-0.15, -0.1) is 0 Å². The number of nitrogens with zero attached hydrogens (tertiary/aromatic N) is 1. The highest BCUT2D eigenvalue weighted by Crippen LogP contribution is 2.44. The van der Waals surface area contributed by atoms with Crippen molar-refractivity contribution in [3.8, 4) is 5.75 Å². The van der Waals surface area contributed by atoms with Crippen molar-refractivity contribution >= 4 is 5.91 Å². The molecule has 1 aromatic carbocycles. The molecule has 0 saturated heterocycles. The maximum atomic E-state index is 11.2. The van der Waals surface area contributed by atoms with E-state index in [2.05, 4.69) is 12.1 Å². The summed E-state index contributed by atoms with van der Waals surface area (Å²) >= 11 is 0. The quantitative estimate of drug-likeness (QED) is 0.778. The largest absolute Gasteiger partial charge is 0.497 e. The molecule has 0 spiro atoms. The summed E-state index contributed by atoms with van der Waals surface area (Å²) in [5.41, 5.74) is 1.29. The maximum Gasteiger partial charge on any atom is 0.219 e. The molecule has 2 rings (SSSR count). The zero-order valence-electron chi connectivity index (χ0n) is 9.93. The number of rotatable bonds is 3. The van der Waals surface area contributed by atoms with E-state index in [0.29, 0.717) is 12.0 Å². The van der Waals surface area contributed by atoms with Crippen molar-refractivity contribution in [1.82, 2.24) is 4.90 Å². The first-order valence-electron chi connectivity index (χ1n) is 5.51. The smallest absolute Gasteiger partial charge is 0.219 e. The van der Waals surface area contributed by atoms with Crippen LogP contribution in [0, 0.1) is 0 Å². The number of hydrogen-bond acceptors (Lipinski definition) is 2. The highest BCUT2D eigenvalue weighted by Gasteiger charge is 2.42. The van der Waals surface area contributed by atoms with Crippen LogP contribution in [0.15, 0.2) is 24.3 Å². The average molecular weight is 219 g/mol. The molecule has 3 heteroatoms. The zero-order chi connectivity index (χ0) is 11.7. The van der Waals surface area contributed by atoms with E-state index in [9.17, 15) is 4.79 Å². The van der Waals surface area contributed by atoms with Crippen LogP contribution in [0.4, 0.5) is 0 Å². The van der Waals surface area contributed by atoms with Gasteiger partial charge in [0.05, 0.1) is 7.11 Å². The van der Waals surface area contributed by atoms with Gasteiger partial charge in [0.25, 0.3) is 0 Å². The highest BCUT2D eigenvalue weighted by atomic mass is 16.5. The molecule has 3 nitrogen and oxygen atoms in total. The second-order valence-electron chi connectivity index (χ2n) is 4.31. The van der Waals surface area contributed by atoms with E-state index >= 15 is 0 Å². The normalized spacial score (nSPS) is 22.7. The van der Waals surface area contributed by atoms with E-state index in [4.69, 9.17) is 4.74 Å².